The number of ether oxygens (including phenoxy) is 1. The summed E-state index contributed by atoms with van der Waals surface area (Å²) in [4.78, 5) is 17.0. The number of nitrogens with zero attached hydrogens (tertiary/aromatic N) is 5. The fourth-order valence-corrected chi connectivity index (χ4v) is 4.82. The maximum atomic E-state index is 13.2. The molecule has 9 heteroatoms. The summed E-state index contributed by atoms with van der Waals surface area (Å²) >= 11 is 1.44. The molecule has 1 aromatic heterocycles. The summed E-state index contributed by atoms with van der Waals surface area (Å²) in [6, 6.07) is 14.3. The van der Waals surface area contributed by atoms with E-state index in [2.05, 4.69) is 26.6 Å². The number of rotatable bonds is 9. The number of hydrogen-bond donors (Lipinski definition) is 0. The number of halogens is 1. The van der Waals surface area contributed by atoms with Crippen molar-refractivity contribution in [2.45, 2.75) is 31.5 Å². The van der Waals surface area contributed by atoms with Crippen molar-refractivity contribution in [3.8, 4) is 17.1 Å². The molecule has 2 heterocycles. The molecule has 1 aliphatic rings. The summed E-state index contributed by atoms with van der Waals surface area (Å²) in [6.45, 7) is 5.72. The molecule has 180 valence electrons. The standard InChI is InChI=1S/C25H30FN5O2S/c1-3-4-13-31-24(19-5-11-22(33-2)12-6-19)27-28-25(31)34-18-23(32)30-16-14-29(15-17-30)21-9-7-20(26)8-10-21/h5-12H,3-4,13-18H2,1-2H3. The molecule has 0 atom stereocenters. The van der Waals surface area contributed by atoms with Crippen LogP contribution in [0, 0.1) is 5.82 Å². The van der Waals surface area contributed by atoms with Crippen LogP contribution in [0.1, 0.15) is 19.8 Å². The average Bonchev–Trinajstić information content (AvgIpc) is 3.29. The third kappa shape index (κ3) is 5.70. The van der Waals surface area contributed by atoms with Crippen LogP contribution >= 0.6 is 11.8 Å². The Kier molecular flexibility index (Phi) is 8.05. The highest BCUT2D eigenvalue weighted by Crippen LogP contribution is 2.27. The molecule has 7 nitrogen and oxygen atoms in total. The molecule has 1 saturated heterocycles. The number of amides is 1. The number of aromatic nitrogens is 3. The molecule has 1 fully saturated rings. The van der Waals surface area contributed by atoms with Gasteiger partial charge in [-0.3, -0.25) is 4.79 Å². The minimum absolute atomic E-state index is 0.0970. The van der Waals surface area contributed by atoms with Crippen LogP contribution in [0.2, 0.25) is 0 Å². The van der Waals surface area contributed by atoms with Crippen molar-refractivity contribution in [1.29, 1.82) is 0 Å². The van der Waals surface area contributed by atoms with Crippen molar-refractivity contribution >= 4 is 23.4 Å². The van der Waals surface area contributed by atoms with Crippen molar-refractivity contribution in [3.05, 3.63) is 54.3 Å². The second-order valence-corrected chi connectivity index (χ2v) is 9.12. The van der Waals surface area contributed by atoms with Crippen LogP contribution in [0.15, 0.2) is 53.7 Å². The number of unbranched alkanes of at least 4 members (excludes halogenated alkanes) is 1. The monoisotopic (exact) mass is 483 g/mol. The Morgan fingerprint density at radius 1 is 1.03 bits per heavy atom. The number of carbonyl (C=O) groups excluding carboxylic acids is 1. The zero-order valence-electron chi connectivity index (χ0n) is 19.6. The van der Waals surface area contributed by atoms with Crippen molar-refractivity contribution in [2.75, 3.05) is 43.9 Å². The second-order valence-electron chi connectivity index (χ2n) is 8.17. The zero-order valence-corrected chi connectivity index (χ0v) is 20.4. The Morgan fingerprint density at radius 2 is 1.74 bits per heavy atom. The molecular formula is C25H30FN5O2S. The molecule has 0 bridgehead atoms. The Bertz CT molecular complexity index is 1080. The van der Waals surface area contributed by atoms with Crippen molar-refractivity contribution < 1.29 is 13.9 Å². The summed E-state index contributed by atoms with van der Waals surface area (Å²) in [7, 11) is 1.65. The minimum atomic E-state index is -0.239. The number of thioether (sulfide) groups is 1. The van der Waals surface area contributed by atoms with Gasteiger partial charge in [-0.25, -0.2) is 4.39 Å². The summed E-state index contributed by atoms with van der Waals surface area (Å²) in [5.41, 5.74) is 1.96. The van der Waals surface area contributed by atoms with Gasteiger partial charge in [0.1, 0.15) is 11.6 Å². The Morgan fingerprint density at radius 3 is 2.38 bits per heavy atom. The molecular weight excluding hydrogens is 453 g/mol. The number of anilines is 1. The number of carbonyl (C=O) groups is 1. The maximum Gasteiger partial charge on any atom is 0.233 e. The first-order valence-electron chi connectivity index (χ1n) is 11.6. The molecule has 0 aliphatic carbocycles. The van der Waals surface area contributed by atoms with E-state index in [1.165, 1.54) is 23.9 Å². The Balaban J connectivity index is 1.37. The lowest BCUT2D eigenvalue weighted by molar-refractivity contribution is -0.128. The van der Waals surface area contributed by atoms with E-state index in [4.69, 9.17) is 4.74 Å². The van der Waals surface area contributed by atoms with Gasteiger partial charge in [0.05, 0.1) is 12.9 Å². The van der Waals surface area contributed by atoms with Crippen LogP contribution in [-0.2, 0) is 11.3 Å². The van der Waals surface area contributed by atoms with Gasteiger partial charge in [0.2, 0.25) is 5.91 Å². The van der Waals surface area contributed by atoms with Gasteiger partial charge in [-0.05, 0) is 55.0 Å². The van der Waals surface area contributed by atoms with Gasteiger partial charge in [0.15, 0.2) is 11.0 Å². The third-order valence-electron chi connectivity index (χ3n) is 5.95. The lowest BCUT2D eigenvalue weighted by atomic mass is 10.2. The highest BCUT2D eigenvalue weighted by Gasteiger charge is 2.23. The topological polar surface area (TPSA) is 63.5 Å². The predicted molar refractivity (Wildman–Crippen MR) is 133 cm³/mol. The van der Waals surface area contributed by atoms with E-state index in [0.29, 0.717) is 18.8 Å². The van der Waals surface area contributed by atoms with Crippen LogP contribution in [0.25, 0.3) is 11.4 Å². The third-order valence-corrected chi connectivity index (χ3v) is 6.90. The van der Waals surface area contributed by atoms with E-state index < -0.39 is 0 Å². The number of benzene rings is 2. The van der Waals surface area contributed by atoms with Gasteiger partial charge in [-0.15, -0.1) is 10.2 Å². The van der Waals surface area contributed by atoms with Gasteiger partial charge in [-0.2, -0.15) is 0 Å². The molecule has 0 saturated carbocycles. The number of hydrogen-bond acceptors (Lipinski definition) is 6. The molecule has 0 unspecified atom stereocenters. The van der Waals surface area contributed by atoms with E-state index in [1.807, 2.05) is 29.2 Å². The fourth-order valence-electron chi connectivity index (χ4n) is 3.95. The lowest BCUT2D eigenvalue weighted by Gasteiger charge is -2.36. The van der Waals surface area contributed by atoms with Gasteiger partial charge < -0.3 is 19.1 Å². The Labute approximate surface area is 203 Å². The van der Waals surface area contributed by atoms with E-state index >= 15 is 0 Å². The van der Waals surface area contributed by atoms with Crippen LogP contribution < -0.4 is 9.64 Å². The highest BCUT2D eigenvalue weighted by molar-refractivity contribution is 7.99. The predicted octanol–water partition coefficient (Wildman–Crippen LogP) is 4.33. The first kappa shape index (κ1) is 24.1. The highest BCUT2D eigenvalue weighted by atomic mass is 32.2. The number of methoxy groups -OCH3 is 1. The summed E-state index contributed by atoms with van der Waals surface area (Å²) in [5.74, 6) is 1.78. The SMILES string of the molecule is CCCCn1c(SCC(=O)N2CCN(c3ccc(F)cc3)CC2)nnc1-c1ccc(OC)cc1. The van der Waals surface area contributed by atoms with Gasteiger partial charge in [0, 0.05) is 44.0 Å². The Hall–Kier alpha value is -3.07. The normalized spacial score (nSPS) is 13.9. The first-order valence-corrected chi connectivity index (χ1v) is 12.6. The average molecular weight is 484 g/mol. The van der Waals surface area contributed by atoms with Crippen LogP contribution in [0.5, 0.6) is 5.75 Å². The molecule has 34 heavy (non-hydrogen) atoms. The molecule has 1 aliphatic heterocycles. The first-order chi connectivity index (χ1) is 16.6. The smallest absolute Gasteiger partial charge is 0.233 e. The van der Waals surface area contributed by atoms with Crippen molar-refractivity contribution in [3.63, 3.8) is 0 Å². The minimum Gasteiger partial charge on any atom is -0.497 e. The fraction of sp³-hybridized carbons (Fsp3) is 0.400. The van der Waals surface area contributed by atoms with Crippen LogP contribution in [-0.4, -0.2) is 64.6 Å². The molecule has 4 rings (SSSR count). The van der Waals surface area contributed by atoms with Gasteiger partial charge >= 0.3 is 0 Å². The number of piperazine rings is 1. The van der Waals surface area contributed by atoms with E-state index in [9.17, 15) is 9.18 Å². The molecule has 0 radical (unpaired) electrons. The van der Waals surface area contributed by atoms with Crippen LogP contribution in [0.3, 0.4) is 0 Å². The van der Waals surface area contributed by atoms with Crippen molar-refractivity contribution in [2.24, 2.45) is 0 Å². The molecule has 0 N–H and O–H groups in total. The van der Waals surface area contributed by atoms with E-state index in [1.54, 1.807) is 19.2 Å². The zero-order chi connectivity index (χ0) is 23.9. The molecule has 2 aromatic carbocycles. The van der Waals surface area contributed by atoms with E-state index in [-0.39, 0.29) is 11.7 Å². The summed E-state index contributed by atoms with van der Waals surface area (Å²) in [5, 5.41) is 9.59. The molecule has 0 spiro atoms. The summed E-state index contributed by atoms with van der Waals surface area (Å²) < 4.78 is 20.5. The van der Waals surface area contributed by atoms with E-state index in [0.717, 1.165) is 60.5 Å². The van der Waals surface area contributed by atoms with Gasteiger partial charge in [0.25, 0.3) is 0 Å². The van der Waals surface area contributed by atoms with Crippen molar-refractivity contribution in [1.82, 2.24) is 19.7 Å². The van der Waals surface area contributed by atoms with Crippen LogP contribution in [0.4, 0.5) is 10.1 Å². The summed E-state index contributed by atoms with van der Waals surface area (Å²) in [6.07, 6.45) is 2.07. The largest absolute Gasteiger partial charge is 0.497 e. The van der Waals surface area contributed by atoms with Gasteiger partial charge in [-0.1, -0.05) is 25.1 Å². The second kappa shape index (κ2) is 11.4. The molecule has 1 amide bonds. The quantitative estimate of drug-likeness (QED) is 0.422. The molecule has 3 aromatic rings. The maximum absolute atomic E-state index is 13.2. The lowest BCUT2D eigenvalue weighted by Crippen LogP contribution is -2.49.